The van der Waals surface area contributed by atoms with Crippen molar-refractivity contribution in [2.75, 3.05) is 0 Å². The summed E-state index contributed by atoms with van der Waals surface area (Å²) in [6, 6.07) is 17.3. The van der Waals surface area contributed by atoms with Crippen molar-refractivity contribution >= 4 is 57.3 Å². The molecule has 336 valence electrons. The molecule has 0 radical (unpaired) electrons. The summed E-state index contributed by atoms with van der Waals surface area (Å²) in [5, 5.41) is 25.5. The van der Waals surface area contributed by atoms with Gasteiger partial charge in [0.15, 0.2) is 0 Å². The molecule has 0 aliphatic carbocycles. The van der Waals surface area contributed by atoms with Crippen LogP contribution in [0.25, 0.3) is 21.8 Å². The summed E-state index contributed by atoms with van der Waals surface area (Å²) in [4.78, 5) is 89.2. The molecule has 10 N–H and O–H groups in total. The lowest BCUT2D eigenvalue weighted by molar-refractivity contribution is -0.143. The number of carbonyl (C=O) groups is 6. The zero-order chi connectivity index (χ0) is 45.8. The van der Waals surface area contributed by atoms with Crippen molar-refractivity contribution in [1.29, 1.82) is 0 Å². The molecule has 3 aromatic carbocycles. The van der Waals surface area contributed by atoms with Crippen molar-refractivity contribution in [3.8, 4) is 0 Å². The molecule has 15 heteroatoms. The molecule has 2 aromatic heterocycles. The first-order valence-electron chi connectivity index (χ1n) is 21.6. The third kappa shape index (κ3) is 13.3. The van der Waals surface area contributed by atoms with Crippen LogP contribution in [0.1, 0.15) is 71.1 Å². The van der Waals surface area contributed by atoms with Crippen molar-refractivity contribution in [1.82, 2.24) is 36.6 Å². The van der Waals surface area contributed by atoms with Crippen molar-refractivity contribution in [3.05, 3.63) is 108 Å². The van der Waals surface area contributed by atoms with Crippen LogP contribution in [0.4, 0.5) is 0 Å². The average molecular weight is 863 g/mol. The molecule has 0 saturated carbocycles. The topological polar surface area (TPSA) is 240 Å². The van der Waals surface area contributed by atoms with Gasteiger partial charge in [0.25, 0.3) is 0 Å². The first-order valence-corrected chi connectivity index (χ1v) is 21.6. The van der Waals surface area contributed by atoms with Gasteiger partial charge in [0.05, 0.1) is 6.04 Å². The first-order chi connectivity index (χ1) is 30.0. The fourth-order valence-electron chi connectivity index (χ4n) is 7.70. The van der Waals surface area contributed by atoms with E-state index in [0.29, 0.717) is 6.42 Å². The van der Waals surface area contributed by atoms with E-state index in [1.807, 2.05) is 82.3 Å². The molecule has 0 aliphatic rings. The number of H-pyrrole nitrogens is 2. The lowest BCUT2D eigenvalue weighted by atomic mass is 9.98. The van der Waals surface area contributed by atoms with Crippen LogP contribution >= 0.6 is 0 Å². The molecule has 5 aromatic rings. The van der Waals surface area contributed by atoms with Crippen LogP contribution in [0.5, 0.6) is 0 Å². The van der Waals surface area contributed by atoms with E-state index >= 15 is 0 Å². The Bertz CT molecular complexity index is 2350. The zero-order valence-corrected chi connectivity index (χ0v) is 36.9. The molecule has 0 spiro atoms. The largest absolute Gasteiger partial charge is 0.480 e. The molecule has 0 saturated heterocycles. The number of benzene rings is 3. The number of carboxylic acids is 1. The Morgan fingerprint density at radius 2 is 0.937 bits per heavy atom. The van der Waals surface area contributed by atoms with E-state index in [0.717, 1.165) is 38.5 Å². The molecule has 6 atom stereocenters. The smallest absolute Gasteiger partial charge is 0.326 e. The van der Waals surface area contributed by atoms with Gasteiger partial charge in [-0.3, -0.25) is 24.0 Å². The quantitative estimate of drug-likeness (QED) is 0.0486. The molecule has 0 bridgehead atoms. The van der Waals surface area contributed by atoms with Crippen molar-refractivity contribution < 1.29 is 33.9 Å². The molecular weight excluding hydrogens is 801 g/mol. The standard InChI is InChI=1S/C48H62N8O7/c1-27(2)20-35(49)43(57)52-40(23-31-25-50-36-18-12-10-16-33(31)36)45(59)55-41(24-32-26-51-37-19-13-11-17-34(32)37)46(60)53-38(21-28(3)4)44(58)54-39(22-30-14-8-7-9-15-30)47(61)56-42(29(5)6)48(62)63/h7-19,25-29,35,38-42,50-51H,20-24,49H2,1-6H3,(H,52,57)(H,53,60)(H,54,58)(H,55,59)(H,56,61)(H,62,63)/t35-,38-,39-,40-,41-,42-/m0/s1. The van der Waals surface area contributed by atoms with Gasteiger partial charge in [0.2, 0.25) is 29.5 Å². The van der Waals surface area contributed by atoms with Crippen LogP contribution in [0, 0.1) is 17.8 Å². The summed E-state index contributed by atoms with van der Waals surface area (Å²) >= 11 is 0. The summed E-state index contributed by atoms with van der Waals surface area (Å²) in [5.74, 6) is -4.79. The van der Waals surface area contributed by atoms with Crippen molar-refractivity contribution in [3.63, 3.8) is 0 Å². The molecule has 5 amide bonds. The van der Waals surface area contributed by atoms with E-state index in [1.165, 1.54) is 0 Å². The second-order valence-electron chi connectivity index (χ2n) is 17.5. The molecule has 0 aliphatic heterocycles. The average Bonchev–Trinajstić information content (AvgIpc) is 3.85. The number of nitrogens with one attached hydrogen (secondary N) is 7. The van der Waals surface area contributed by atoms with Gasteiger partial charge in [-0.25, -0.2) is 4.79 Å². The molecule has 2 heterocycles. The monoisotopic (exact) mass is 862 g/mol. The van der Waals surface area contributed by atoms with E-state index in [9.17, 15) is 33.9 Å². The van der Waals surface area contributed by atoms with Gasteiger partial charge in [0.1, 0.15) is 30.2 Å². The highest BCUT2D eigenvalue weighted by molar-refractivity contribution is 5.97. The van der Waals surface area contributed by atoms with Crippen molar-refractivity contribution in [2.24, 2.45) is 23.5 Å². The number of hydrogen-bond acceptors (Lipinski definition) is 7. The fraction of sp³-hybridized carbons (Fsp3) is 0.417. The number of carboxylic acid groups (broad SMARTS) is 1. The Balaban J connectivity index is 1.45. The number of amides is 5. The van der Waals surface area contributed by atoms with Crippen molar-refractivity contribution in [2.45, 2.75) is 110 Å². The van der Waals surface area contributed by atoms with E-state index in [2.05, 4.69) is 36.6 Å². The van der Waals surface area contributed by atoms with Gasteiger partial charge in [0, 0.05) is 53.5 Å². The molecule has 5 rings (SSSR count). The lowest BCUT2D eigenvalue weighted by Crippen LogP contribution is -2.60. The Morgan fingerprint density at radius 3 is 1.41 bits per heavy atom. The molecule has 0 unspecified atom stereocenters. The highest BCUT2D eigenvalue weighted by Gasteiger charge is 2.34. The summed E-state index contributed by atoms with van der Waals surface area (Å²) in [6.07, 6.45) is 4.26. The minimum Gasteiger partial charge on any atom is -0.480 e. The van der Waals surface area contributed by atoms with Gasteiger partial charge < -0.3 is 47.4 Å². The molecule has 0 fully saturated rings. The molecular formula is C48H62N8O7. The molecule has 63 heavy (non-hydrogen) atoms. The maximum Gasteiger partial charge on any atom is 0.326 e. The van der Waals surface area contributed by atoms with Crippen LogP contribution in [0.15, 0.2) is 91.3 Å². The predicted octanol–water partition coefficient (Wildman–Crippen LogP) is 4.26. The van der Waals surface area contributed by atoms with Crippen LogP contribution in [0.2, 0.25) is 0 Å². The third-order valence-corrected chi connectivity index (χ3v) is 11.0. The van der Waals surface area contributed by atoms with E-state index in [4.69, 9.17) is 5.73 Å². The van der Waals surface area contributed by atoms with Crippen LogP contribution in [0.3, 0.4) is 0 Å². The number of fused-ring (bicyclic) bond motifs is 2. The van der Waals surface area contributed by atoms with Crippen LogP contribution in [-0.2, 0) is 48.0 Å². The van der Waals surface area contributed by atoms with Gasteiger partial charge in [-0.2, -0.15) is 0 Å². The predicted molar refractivity (Wildman–Crippen MR) is 243 cm³/mol. The zero-order valence-electron chi connectivity index (χ0n) is 36.9. The van der Waals surface area contributed by atoms with Crippen LogP contribution in [-0.4, -0.2) is 86.8 Å². The second-order valence-corrected chi connectivity index (χ2v) is 17.5. The lowest BCUT2D eigenvalue weighted by Gasteiger charge is -2.28. The number of para-hydroxylation sites is 2. The number of nitrogens with two attached hydrogens (primary N) is 1. The Labute approximate surface area is 368 Å². The maximum atomic E-state index is 14.6. The van der Waals surface area contributed by atoms with Gasteiger partial charge in [-0.05, 0) is 59.4 Å². The number of carbonyl (C=O) groups excluding carboxylic acids is 5. The number of aromatic nitrogens is 2. The van der Waals surface area contributed by atoms with Gasteiger partial charge >= 0.3 is 5.97 Å². The maximum absolute atomic E-state index is 14.6. The Morgan fingerprint density at radius 1 is 0.524 bits per heavy atom. The number of rotatable bonds is 22. The number of hydrogen-bond donors (Lipinski definition) is 9. The highest BCUT2D eigenvalue weighted by atomic mass is 16.4. The van der Waals surface area contributed by atoms with Gasteiger partial charge in [-0.1, -0.05) is 108 Å². The minimum atomic E-state index is -1.24. The first kappa shape index (κ1) is 47.6. The SMILES string of the molecule is CC(C)C[C@H](NC(=O)[C@H](Cc1c[nH]c2ccccc12)NC(=O)[C@H](Cc1c[nH]c2ccccc12)NC(=O)[C@@H](N)CC(C)C)C(=O)N[C@@H](Cc1ccccc1)C(=O)N[C@H](C(=O)O)C(C)C. The molecule has 15 nitrogen and oxygen atoms in total. The summed E-state index contributed by atoms with van der Waals surface area (Å²) in [6.45, 7) is 11.0. The fourth-order valence-corrected chi connectivity index (χ4v) is 7.70. The number of aliphatic carboxylic acids is 1. The summed E-state index contributed by atoms with van der Waals surface area (Å²) < 4.78 is 0. The Hall–Kier alpha value is -6.48. The van der Waals surface area contributed by atoms with E-state index in [1.54, 1.807) is 50.5 Å². The van der Waals surface area contributed by atoms with E-state index < -0.39 is 77.7 Å². The number of aromatic amines is 2. The third-order valence-electron chi connectivity index (χ3n) is 11.0. The van der Waals surface area contributed by atoms with Gasteiger partial charge in [-0.15, -0.1) is 0 Å². The Kier molecular flexibility index (Phi) is 16.6. The normalized spacial score (nSPS) is 14.4. The van der Waals surface area contributed by atoms with Crippen LogP contribution < -0.4 is 32.3 Å². The highest BCUT2D eigenvalue weighted by Crippen LogP contribution is 2.22. The second kappa shape index (κ2) is 22.0. The minimum absolute atomic E-state index is 0.0169. The summed E-state index contributed by atoms with van der Waals surface area (Å²) in [5.41, 5.74) is 10.2. The van der Waals surface area contributed by atoms with E-state index in [-0.39, 0.29) is 37.5 Å². The summed E-state index contributed by atoms with van der Waals surface area (Å²) in [7, 11) is 0.